The molecule has 170 valence electrons. The predicted octanol–water partition coefficient (Wildman–Crippen LogP) is 2.76. The van der Waals surface area contributed by atoms with E-state index in [0.29, 0.717) is 0 Å². The second kappa shape index (κ2) is 13.8. The van der Waals surface area contributed by atoms with E-state index in [1.807, 2.05) is 9.19 Å². The smallest absolute Gasteiger partial charge is 1.00 e. The van der Waals surface area contributed by atoms with Crippen LogP contribution >= 0.6 is 7.92 Å². The summed E-state index contributed by atoms with van der Waals surface area (Å²) in [5, 5.41) is 1.84. The van der Waals surface area contributed by atoms with Crippen LogP contribution in [0.1, 0.15) is 82.6 Å². The molecule has 1 atom stereocenters. The van der Waals surface area contributed by atoms with E-state index >= 15 is 0 Å². The standard InChI is InChI=1S/C17H24P.C10H15.2ClH.Ti/c1-13(2)11-18(12-14(3)4)17-9-15-7-5-6-8-16(15)10-17;1-3-4-7-10-8-5-6-9(10)2;;;/h5-10,13-14H,11-12H2,1-4H3;6H,3-5,7H2,1-2H3;2*1H;/q;;;;+2/p-2. The zero-order chi connectivity index (χ0) is 21.0. The second-order valence-electron chi connectivity index (χ2n) is 9.62. The summed E-state index contributed by atoms with van der Waals surface area (Å²) in [6.45, 7) is 14.3. The van der Waals surface area contributed by atoms with Crippen LogP contribution in [0.25, 0.3) is 6.08 Å². The zero-order valence-electron chi connectivity index (χ0n) is 20.1. The Hall–Kier alpha value is 0.164. The van der Waals surface area contributed by atoms with Gasteiger partial charge in [-0.2, -0.15) is 0 Å². The first-order chi connectivity index (χ1) is 13.9. The van der Waals surface area contributed by atoms with Crippen molar-refractivity contribution in [3.63, 3.8) is 0 Å². The molecule has 0 fully saturated rings. The molecule has 1 aromatic carbocycles. The van der Waals surface area contributed by atoms with Crippen molar-refractivity contribution in [3.8, 4) is 0 Å². The van der Waals surface area contributed by atoms with Crippen LogP contribution in [0.15, 0.2) is 50.7 Å². The number of halogens is 2. The SMILES string of the molecule is CCCCC1=[C]([Ti+2][CH]2C(P(CC(C)C)CC(C)C)=Cc3ccccc32)CC=C1C.[Cl-].[Cl-]. The molecule has 3 rings (SSSR count). The maximum atomic E-state index is 2.63. The third-order valence-electron chi connectivity index (χ3n) is 5.99. The third-order valence-corrected chi connectivity index (χ3v) is 12.6. The summed E-state index contributed by atoms with van der Waals surface area (Å²) >= 11 is -0.177. The van der Waals surface area contributed by atoms with Crippen molar-refractivity contribution in [2.24, 2.45) is 11.8 Å². The summed E-state index contributed by atoms with van der Waals surface area (Å²) < 4.78 is 2.59. The summed E-state index contributed by atoms with van der Waals surface area (Å²) in [6, 6.07) is 9.30. The van der Waals surface area contributed by atoms with Crippen LogP contribution in [0.3, 0.4) is 0 Å². The summed E-state index contributed by atoms with van der Waals surface area (Å²) in [5.41, 5.74) is 6.50. The number of fused-ring (bicyclic) bond motifs is 1. The molecule has 0 saturated heterocycles. The summed E-state index contributed by atoms with van der Waals surface area (Å²) in [6.07, 6.45) is 13.1. The van der Waals surface area contributed by atoms with E-state index in [1.54, 1.807) is 16.7 Å². The maximum absolute atomic E-state index is 2.63. The molecular formula is C27H39Cl2PTi. The Balaban J connectivity index is 0.00000240. The Bertz CT molecular complexity index is 797. The topological polar surface area (TPSA) is 0 Å². The molecule has 0 heterocycles. The predicted molar refractivity (Wildman–Crippen MR) is 128 cm³/mol. The van der Waals surface area contributed by atoms with E-state index in [-0.39, 0.29) is 51.9 Å². The second-order valence-corrected chi connectivity index (χ2v) is 14.2. The van der Waals surface area contributed by atoms with Gasteiger partial charge in [0.2, 0.25) is 0 Å². The maximum Gasteiger partial charge on any atom is -1.00 e. The quantitative estimate of drug-likeness (QED) is 0.334. The van der Waals surface area contributed by atoms with Gasteiger partial charge < -0.3 is 24.8 Å². The number of unbranched alkanes of at least 4 members (excludes halogenated alkanes) is 1. The molecule has 1 unspecified atom stereocenters. The van der Waals surface area contributed by atoms with Gasteiger partial charge in [0.25, 0.3) is 0 Å². The number of benzene rings is 1. The van der Waals surface area contributed by atoms with E-state index in [1.165, 1.54) is 43.6 Å². The van der Waals surface area contributed by atoms with Crippen LogP contribution < -0.4 is 24.8 Å². The van der Waals surface area contributed by atoms with E-state index < -0.39 is 0 Å². The first-order valence-electron chi connectivity index (χ1n) is 11.6. The van der Waals surface area contributed by atoms with Crippen LogP contribution in [-0.2, 0) is 19.2 Å². The Morgan fingerprint density at radius 1 is 1.03 bits per heavy atom. The van der Waals surface area contributed by atoms with Crippen molar-refractivity contribution >= 4 is 14.0 Å². The summed E-state index contributed by atoms with van der Waals surface area (Å²) in [5.74, 6) is 1.58. The molecule has 0 bridgehead atoms. The average molecular weight is 513 g/mol. The Kier molecular flexibility index (Phi) is 13.0. The van der Waals surface area contributed by atoms with Gasteiger partial charge in [-0.15, -0.1) is 0 Å². The van der Waals surface area contributed by atoms with Gasteiger partial charge >= 0.3 is 191 Å². The van der Waals surface area contributed by atoms with Crippen molar-refractivity contribution in [3.05, 3.63) is 61.8 Å². The molecule has 0 aromatic heterocycles. The minimum atomic E-state index is -0.177. The fraction of sp³-hybridized carbons (Fsp3) is 0.556. The van der Waals surface area contributed by atoms with Gasteiger partial charge in [-0.1, -0.05) is 0 Å². The monoisotopic (exact) mass is 512 g/mol. The molecule has 0 nitrogen and oxygen atoms in total. The van der Waals surface area contributed by atoms with Crippen molar-refractivity contribution in [2.75, 3.05) is 12.3 Å². The molecule has 0 spiro atoms. The molecule has 2 aliphatic rings. The van der Waals surface area contributed by atoms with Gasteiger partial charge in [-0.3, -0.25) is 0 Å². The van der Waals surface area contributed by atoms with Gasteiger partial charge in [0.1, 0.15) is 0 Å². The van der Waals surface area contributed by atoms with Crippen LogP contribution in [-0.4, -0.2) is 12.3 Å². The fourth-order valence-corrected chi connectivity index (χ4v) is 11.6. The average Bonchev–Trinajstić information content (AvgIpc) is 3.20. The molecule has 0 saturated carbocycles. The molecule has 0 radical (unpaired) electrons. The molecule has 0 amide bonds. The van der Waals surface area contributed by atoms with Crippen molar-refractivity contribution in [1.82, 2.24) is 0 Å². The number of hydrogen-bond donors (Lipinski definition) is 0. The molecule has 31 heavy (non-hydrogen) atoms. The summed E-state index contributed by atoms with van der Waals surface area (Å²) in [7, 11) is -0.0301. The first kappa shape index (κ1) is 29.2. The largest absolute Gasteiger partial charge is 1.00 e. The van der Waals surface area contributed by atoms with Crippen molar-refractivity contribution in [1.29, 1.82) is 0 Å². The van der Waals surface area contributed by atoms with Crippen molar-refractivity contribution < 1.29 is 44.0 Å². The van der Waals surface area contributed by atoms with Gasteiger partial charge in [0, 0.05) is 0 Å². The molecular weight excluding hydrogens is 474 g/mol. The third kappa shape index (κ3) is 7.59. The zero-order valence-corrected chi connectivity index (χ0v) is 24.1. The van der Waals surface area contributed by atoms with Crippen LogP contribution in [0.4, 0.5) is 0 Å². The van der Waals surface area contributed by atoms with Crippen LogP contribution in [0.2, 0.25) is 0 Å². The van der Waals surface area contributed by atoms with E-state index in [2.05, 4.69) is 78.0 Å². The van der Waals surface area contributed by atoms with Gasteiger partial charge in [0.05, 0.1) is 0 Å². The van der Waals surface area contributed by atoms with E-state index in [4.69, 9.17) is 0 Å². The molecule has 1 aromatic rings. The number of rotatable bonds is 10. The summed E-state index contributed by atoms with van der Waals surface area (Å²) in [4.78, 5) is 0. The van der Waals surface area contributed by atoms with Crippen LogP contribution in [0.5, 0.6) is 0 Å². The normalized spacial score (nSPS) is 17.4. The van der Waals surface area contributed by atoms with E-state index in [0.717, 1.165) is 16.1 Å². The molecule has 0 N–H and O–H groups in total. The minimum absolute atomic E-state index is 0. The Morgan fingerprint density at radius 2 is 1.68 bits per heavy atom. The van der Waals surface area contributed by atoms with Crippen LogP contribution in [0, 0.1) is 11.8 Å². The van der Waals surface area contributed by atoms with Gasteiger partial charge in [-0.05, 0) is 0 Å². The number of allylic oxidation sites excluding steroid dienone is 5. The van der Waals surface area contributed by atoms with Gasteiger partial charge in [-0.25, -0.2) is 0 Å². The molecule has 4 heteroatoms. The first-order valence-corrected chi connectivity index (χ1v) is 15.0. The Morgan fingerprint density at radius 3 is 2.29 bits per heavy atom. The molecule has 0 aliphatic heterocycles. The number of hydrogen-bond acceptors (Lipinski definition) is 0. The van der Waals surface area contributed by atoms with E-state index in [9.17, 15) is 0 Å². The minimum Gasteiger partial charge on any atom is -1.00 e. The Labute approximate surface area is 214 Å². The van der Waals surface area contributed by atoms with Crippen molar-refractivity contribution in [2.45, 2.75) is 71.4 Å². The fourth-order valence-electron chi connectivity index (χ4n) is 4.66. The van der Waals surface area contributed by atoms with Gasteiger partial charge in [0.15, 0.2) is 0 Å². The molecule has 2 aliphatic carbocycles.